The van der Waals surface area contributed by atoms with Crippen LogP contribution in [0.15, 0.2) is 18.3 Å². The molecule has 18 heavy (non-hydrogen) atoms. The minimum Gasteiger partial charge on any atom is -0.388 e. The van der Waals surface area contributed by atoms with Gasteiger partial charge in [0.1, 0.15) is 10.7 Å². The van der Waals surface area contributed by atoms with E-state index in [1.54, 1.807) is 6.20 Å². The Balaban J connectivity index is 2.09. The van der Waals surface area contributed by atoms with Crippen molar-refractivity contribution in [2.75, 3.05) is 38.6 Å². The zero-order chi connectivity index (χ0) is 13.1. The minimum atomic E-state index is 0.362. The highest BCUT2D eigenvalue weighted by Crippen LogP contribution is 2.21. The van der Waals surface area contributed by atoms with Crippen LogP contribution in [-0.2, 0) is 0 Å². The number of nitrogens with two attached hydrogens (primary N) is 1. The Bertz CT molecular complexity index is 435. The summed E-state index contributed by atoms with van der Waals surface area (Å²) in [7, 11) is 4.25. The van der Waals surface area contributed by atoms with Gasteiger partial charge in [0, 0.05) is 26.3 Å². The molecular weight excluding hydrogens is 244 g/mol. The van der Waals surface area contributed by atoms with E-state index >= 15 is 0 Å². The molecule has 1 aromatic rings. The first-order valence-electron chi connectivity index (χ1n) is 6.22. The van der Waals surface area contributed by atoms with Crippen molar-refractivity contribution in [3.05, 3.63) is 24.0 Å². The molecule has 1 aliphatic rings. The topological polar surface area (TPSA) is 45.4 Å². The van der Waals surface area contributed by atoms with Crippen LogP contribution in [0.1, 0.15) is 12.1 Å². The minimum absolute atomic E-state index is 0.362. The third-order valence-corrected chi connectivity index (χ3v) is 3.65. The van der Waals surface area contributed by atoms with Crippen LogP contribution in [0.2, 0.25) is 0 Å². The van der Waals surface area contributed by atoms with Crippen LogP contribution in [0, 0.1) is 5.92 Å². The van der Waals surface area contributed by atoms with Crippen molar-refractivity contribution < 1.29 is 0 Å². The van der Waals surface area contributed by atoms with Gasteiger partial charge in [0.05, 0.1) is 5.69 Å². The van der Waals surface area contributed by atoms with Crippen LogP contribution in [0.5, 0.6) is 0 Å². The highest BCUT2D eigenvalue weighted by Gasteiger charge is 2.22. The molecule has 0 spiro atoms. The molecule has 0 aromatic carbocycles. The molecule has 1 aromatic heterocycles. The number of hydrogen-bond donors (Lipinski definition) is 1. The lowest BCUT2D eigenvalue weighted by Crippen LogP contribution is -2.29. The van der Waals surface area contributed by atoms with Crippen LogP contribution in [0.25, 0.3) is 0 Å². The molecular formula is C13H20N4S. The summed E-state index contributed by atoms with van der Waals surface area (Å²) in [5.41, 5.74) is 7.47. The van der Waals surface area contributed by atoms with Crippen LogP contribution in [0.4, 0.5) is 5.69 Å². The summed E-state index contributed by atoms with van der Waals surface area (Å²) in [6, 6.07) is 3.95. The second-order valence-corrected chi connectivity index (χ2v) is 5.47. The second-order valence-electron chi connectivity index (χ2n) is 5.03. The lowest BCUT2D eigenvalue weighted by Gasteiger charge is -2.24. The van der Waals surface area contributed by atoms with E-state index in [2.05, 4.69) is 28.9 Å². The monoisotopic (exact) mass is 264 g/mol. The molecule has 0 bridgehead atoms. The Labute approximate surface area is 114 Å². The zero-order valence-corrected chi connectivity index (χ0v) is 11.8. The maximum Gasteiger partial charge on any atom is 0.124 e. The lowest BCUT2D eigenvalue weighted by molar-refractivity contribution is 0.396. The summed E-state index contributed by atoms with van der Waals surface area (Å²) in [5.74, 6) is 0.708. The van der Waals surface area contributed by atoms with Gasteiger partial charge in [-0.3, -0.25) is 4.98 Å². The van der Waals surface area contributed by atoms with Gasteiger partial charge in [-0.15, -0.1) is 0 Å². The zero-order valence-electron chi connectivity index (χ0n) is 11.0. The fraction of sp³-hybridized carbons (Fsp3) is 0.538. The largest absolute Gasteiger partial charge is 0.388 e. The van der Waals surface area contributed by atoms with E-state index in [0.29, 0.717) is 10.9 Å². The van der Waals surface area contributed by atoms with Gasteiger partial charge in [0.25, 0.3) is 0 Å². The normalized spacial score (nSPS) is 20.0. The Morgan fingerprint density at radius 1 is 1.67 bits per heavy atom. The average Bonchev–Trinajstić information content (AvgIpc) is 2.74. The molecule has 0 saturated carbocycles. The smallest absolute Gasteiger partial charge is 0.124 e. The highest BCUT2D eigenvalue weighted by molar-refractivity contribution is 7.80. The maximum absolute atomic E-state index is 5.72. The third-order valence-electron chi connectivity index (χ3n) is 3.45. The first-order chi connectivity index (χ1) is 8.58. The van der Waals surface area contributed by atoms with Gasteiger partial charge in [-0.05, 0) is 38.1 Å². The van der Waals surface area contributed by atoms with Crippen molar-refractivity contribution in [3.8, 4) is 0 Å². The average molecular weight is 264 g/mol. The molecule has 1 saturated heterocycles. The first kappa shape index (κ1) is 13.2. The van der Waals surface area contributed by atoms with Crippen molar-refractivity contribution in [1.82, 2.24) is 9.88 Å². The molecule has 0 amide bonds. The summed E-state index contributed by atoms with van der Waals surface area (Å²) < 4.78 is 0. The van der Waals surface area contributed by atoms with E-state index in [-0.39, 0.29) is 0 Å². The molecule has 0 radical (unpaired) electrons. The lowest BCUT2D eigenvalue weighted by atomic mass is 10.1. The Morgan fingerprint density at radius 2 is 2.44 bits per heavy atom. The van der Waals surface area contributed by atoms with Crippen LogP contribution in [0.3, 0.4) is 0 Å². The molecule has 1 fully saturated rings. The van der Waals surface area contributed by atoms with Crippen molar-refractivity contribution in [3.63, 3.8) is 0 Å². The molecule has 0 aliphatic carbocycles. The maximum atomic E-state index is 5.72. The summed E-state index contributed by atoms with van der Waals surface area (Å²) in [6.45, 7) is 3.37. The summed E-state index contributed by atoms with van der Waals surface area (Å²) in [6.07, 6.45) is 2.98. The van der Waals surface area contributed by atoms with Crippen LogP contribution >= 0.6 is 12.2 Å². The molecule has 5 heteroatoms. The van der Waals surface area contributed by atoms with E-state index in [4.69, 9.17) is 18.0 Å². The van der Waals surface area contributed by atoms with Gasteiger partial charge in [-0.2, -0.15) is 0 Å². The number of aromatic nitrogens is 1. The van der Waals surface area contributed by atoms with Crippen LogP contribution in [-0.4, -0.2) is 48.6 Å². The molecule has 1 aliphatic heterocycles. The fourth-order valence-corrected chi connectivity index (χ4v) is 2.71. The van der Waals surface area contributed by atoms with E-state index in [9.17, 15) is 0 Å². The number of pyridine rings is 1. The molecule has 98 valence electrons. The third kappa shape index (κ3) is 2.97. The van der Waals surface area contributed by atoms with E-state index in [1.807, 2.05) is 12.1 Å². The molecule has 1 atom stereocenters. The van der Waals surface area contributed by atoms with E-state index in [0.717, 1.165) is 24.5 Å². The van der Waals surface area contributed by atoms with E-state index < -0.39 is 0 Å². The number of anilines is 1. The van der Waals surface area contributed by atoms with Crippen molar-refractivity contribution in [2.45, 2.75) is 6.42 Å². The van der Waals surface area contributed by atoms with Crippen molar-refractivity contribution in [1.29, 1.82) is 0 Å². The van der Waals surface area contributed by atoms with Crippen molar-refractivity contribution >= 4 is 22.9 Å². The second kappa shape index (κ2) is 5.63. The standard InChI is InChI=1S/C13H20N4S/c1-16-7-5-10(8-16)9-17(2)11-4-3-6-15-12(11)13(14)18/h3-4,6,10H,5,7-9H2,1-2H3,(H2,14,18). The summed E-state index contributed by atoms with van der Waals surface area (Å²) in [5, 5.41) is 0. The van der Waals surface area contributed by atoms with Gasteiger partial charge in [0.15, 0.2) is 0 Å². The molecule has 4 nitrogen and oxygen atoms in total. The Kier molecular flexibility index (Phi) is 4.14. The van der Waals surface area contributed by atoms with E-state index in [1.165, 1.54) is 13.0 Å². The number of nitrogens with zero attached hydrogens (tertiary/aromatic N) is 3. The summed E-state index contributed by atoms with van der Waals surface area (Å²) >= 11 is 5.05. The van der Waals surface area contributed by atoms with Gasteiger partial charge >= 0.3 is 0 Å². The molecule has 2 rings (SSSR count). The molecule has 1 unspecified atom stereocenters. The number of hydrogen-bond acceptors (Lipinski definition) is 4. The van der Waals surface area contributed by atoms with Gasteiger partial charge in [-0.25, -0.2) is 0 Å². The Morgan fingerprint density at radius 3 is 3.06 bits per heavy atom. The SMILES string of the molecule is CN1CCC(CN(C)c2cccnc2C(N)=S)C1. The highest BCUT2D eigenvalue weighted by atomic mass is 32.1. The van der Waals surface area contributed by atoms with Crippen molar-refractivity contribution in [2.24, 2.45) is 11.7 Å². The quantitative estimate of drug-likeness (QED) is 0.825. The van der Waals surface area contributed by atoms with Crippen LogP contribution < -0.4 is 10.6 Å². The number of likely N-dealkylation sites (tertiary alicyclic amines) is 1. The summed E-state index contributed by atoms with van der Waals surface area (Å²) in [4.78, 5) is 9.22. The van der Waals surface area contributed by atoms with Gasteiger partial charge < -0.3 is 15.5 Å². The fourth-order valence-electron chi connectivity index (χ4n) is 2.56. The van der Waals surface area contributed by atoms with Gasteiger partial charge in [0.2, 0.25) is 0 Å². The van der Waals surface area contributed by atoms with Gasteiger partial charge in [-0.1, -0.05) is 12.2 Å². The predicted octanol–water partition coefficient (Wildman–Crippen LogP) is 1.10. The molecule has 2 N–H and O–H groups in total. The number of rotatable bonds is 4. The molecule has 2 heterocycles. The Hall–Kier alpha value is -1.20. The first-order valence-corrected chi connectivity index (χ1v) is 6.63. The predicted molar refractivity (Wildman–Crippen MR) is 79.0 cm³/mol. The number of thiocarbonyl (C=S) groups is 1.